The van der Waals surface area contributed by atoms with Crippen LogP contribution < -0.4 is 10.2 Å². The van der Waals surface area contributed by atoms with Crippen LogP contribution in [0.4, 0.5) is 19.3 Å². The van der Waals surface area contributed by atoms with E-state index >= 15 is 0 Å². The van der Waals surface area contributed by atoms with Gasteiger partial charge in [0, 0.05) is 39.5 Å². The number of carbonyl (C=O) groups is 2. The molecule has 1 N–H and O–H groups in total. The zero-order chi connectivity index (χ0) is 28.4. The van der Waals surface area contributed by atoms with Gasteiger partial charge in [0.1, 0.15) is 18.0 Å². The molecule has 0 bridgehead atoms. The molecule has 1 saturated heterocycles. The molecule has 0 aromatic carbocycles. The van der Waals surface area contributed by atoms with E-state index in [1.807, 2.05) is 19.1 Å². The van der Waals surface area contributed by atoms with Crippen LogP contribution in [0.5, 0.6) is 0 Å². The van der Waals surface area contributed by atoms with Crippen molar-refractivity contribution in [3.63, 3.8) is 0 Å². The van der Waals surface area contributed by atoms with Gasteiger partial charge in [0.2, 0.25) is 5.92 Å². The molecule has 5 rings (SSSR count). The fourth-order valence-corrected chi connectivity index (χ4v) is 6.41. The molecule has 3 atom stereocenters. The number of nitrogens with one attached hydrogen (secondary N) is 1. The molecule has 40 heavy (non-hydrogen) atoms. The fraction of sp³-hybridized carbons (Fsp3) is 0.679. The topological polar surface area (TPSA) is 111 Å². The van der Waals surface area contributed by atoms with Crippen LogP contribution in [0.1, 0.15) is 57.3 Å². The molecule has 10 nitrogen and oxygen atoms in total. The Morgan fingerprint density at radius 3 is 2.67 bits per heavy atom. The van der Waals surface area contributed by atoms with Crippen LogP contribution in [0.15, 0.2) is 12.1 Å². The Kier molecular flexibility index (Phi) is 8.23. The molecule has 1 amide bonds. The Labute approximate surface area is 232 Å². The fourth-order valence-electron chi connectivity index (χ4n) is 6.41. The van der Waals surface area contributed by atoms with Crippen LogP contribution in [0, 0.1) is 23.7 Å². The van der Waals surface area contributed by atoms with Crippen molar-refractivity contribution in [3.8, 4) is 11.4 Å². The zero-order valence-corrected chi connectivity index (χ0v) is 23.4. The van der Waals surface area contributed by atoms with Crippen molar-refractivity contribution >= 4 is 17.7 Å². The molecule has 218 valence electrons. The number of fused-ring (bicyclic) bond motifs is 1. The number of amides is 1. The zero-order valence-electron chi connectivity index (χ0n) is 23.4. The summed E-state index contributed by atoms with van der Waals surface area (Å²) in [5.41, 5.74) is 3.75. The molecule has 3 aliphatic rings. The van der Waals surface area contributed by atoms with Gasteiger partial charge in [-0.25, -0.2) is 23.2 Å². The number of piperidine rings is 1. The summed E-state index contributed by atoms with van der Waals surface area (Å²) in [5, 5.41) is 11.1. The van der Waals surface area contributed by atoms with Crippen LogP contribution in [0.3, 0.4) is 0 Å². The monoisotopic (exact) mass is 560 g/mol. The maximum Gasteiger partial charge on any atom is 0.407 e. The number of alkyl carbamates (subject to hydrolysis) is 1. The number of hydrogen-bond acceptors (Lipinski definition) is 8. The summed E-state index contributed by atoms with van der Waals surface area (Å²) < 4.78 is 38.9. The van der Waals surface area contributed by atoms with Crippen LogP contribution in [-0.2, 0) is 34.3 Å². The van der Waals surface area contributed by atoms with Crippen molar-refractivity contribution in [1.82, 2.24) is 25.3 Å². The smallest absolute Gasteiger partial charge is 0.407 e. The molecule has 3 heterocycles. The summed E-state index contributed by atoms with van der Waals surface area (Å²) in [5.74, 6) is -2.36. The first-order valence-electron chi connectivity index (χ1n) is 14.3. The molecule has 2 aromatic rings. The third-order valence-corrected chi connectivity index (χ3v) is 8.49. The van der Waals surface area contributed by atoms with Gasteiger partial charge in [-0.05, 0) is 62.0 Å². The molecule has 2 aromatic heterocycles. The normalized spacial score (nSPS) is 24.9. The molecule has 3 fully saturated rings. The summed E-state index contributed by atoms with van der Waals surface area (Å²) in [4.78, 5) is 31.5. The lowest BCUT2D eigenvalue weighted by Gasteiger charge is -2.35. The lowest BCUT2D eigenvalue weighted by Crippen LogP contribution is -2.37. The number of nitrogens with zero attached hydrogens (tertiary/aromatic N) is 5. The number of ether oxygens (including phenoxy) is 2. The largest absolute Gasteiger partial charge is 0.466 e. The highest BCUT2D eigenvalue weighted by Crippen LogP contribution is 2.62. The van der Waals surface area contributed by atoms with Crippen molar-refractivity contribution in [3.05, 3.63) is 23.5 Å². The van der Waals surface area contributed by atoms with Gasteiger partial charge in [-0.2, -0.15) is 0 Å². The van der Waals surface area contributed by atoms with E-state index in [9.17, 15) is 18.4 Å². The first-order valence-corrected chi connectivity index (χ1v) is 14.3. The first-order chi connectivity index (χ1) is 19.2. The quantitative estimate of drug-likeness (QED) is 0.432. The van der Waals surface area contributed by atoms with Gasteiger partial charge < -0.3 is 19.7 Å². The van der Waals surface area contributed by atoms with Crippen LogP contribution in [0.2, 0.25) is 0 Å². The predicted molar refractivity (Wildman–Crippen MR) is 143 cm³/mol. The number of rotatable bonds is 10. The van der Waals surface area contributed by atoms with Crippen molar-refractivity contribution in [2.75, 3.05) is 31.1 Å². The minimum atomic E-state index is -2.56. The van der Waals surface area contributed by atoms with Crippen molar-refractivity contribution in [2.24, 2.45) is 30.7 Å². The third kappa shape index (κ3) is 6.20. The number of carbonyl (C=O) groups excluding carboxylic acids is 2. The highest BCUT2D eigenvalue weighted by atomic mass is 19.3. The van der Waals surface area contributed by atoms with E-state index in [-0.39, 0.29) is 49.1 Å². The molecule has 0 radical (unpaired) electrons. The lowest BCUT2D eigenvalue weighted by molar-refractivity contribution is -0.144. The van der Waals surface area contributed by atoms with Crippen LogP contribution in [-0.4, -0.2) is 64.2 Å². The van der Waals surface area contributed by atoms with Gasteiger partial charge in [-0.3, -0.25) is 4.79 Å². The van der Waals surface area contributed by atoms with E-state index in [0.29, 0.717) is 43.1 Å². The van der Waals surface area contributed by atoms with Crippen molar-refractivity contribution in [1.29, 1.82) is 0 Å². The summed E-state index contributed by atoms with van der Waals surface area (Å²) >= 11 is 0. The molecule has 1 aliphatic heterocycles. The number of esters is 1. The van der Waals surface area contributed by atoms with E-state index in [2.05, 4.69) is 27.5 Å². The summed E-state index contributed by atoms with van der Waals surface area (Å²) in [6, 6.07) is 3.94. The lowest BCUT2D eigenvalue weighted by atomic mass is 9.94. The second kappa shape index (κ2) is 11.7. The summed E-state index contributed by atoms with van der Waals surface area (Å²) in [6.07, 6.45) is 2.37. The second-order valence-corrected chi connectivity index (χ2v) is 11.2. The molecule has 0 spiro atoms. The number of anilines is 1. The van der Waals surface area contributed by atoms with E-state index in [0.717, 1.165) is 37.3 Å². The Hall–Kier alpha value is -3.31. The van der Waals surface area contributed by atoms with Gasteiger partial charge in [-0.1, -0.05) is 12.1 Å². The minimum Gasteiger partial charge on any atom is -0.466 e. The van der Waals surface area contributed by atoms with Crippen LogP contribution in [0.25, 0.3) is 11.4 Å². The van der Waals surface area contributed by atoms with E-state index in [1.165, 1.54) is 0 Å². The number of hydrogen-bond donors (Lipinski definition) is 1. The first kappa shape index (κ1) is 28.2. The number of pyridine rings is 1. The number of aromatic nitrogens is 4. The van der Waals surface area contributed by atoms with Crippen LogP contribution >= 0.6 is 0 Å². The molecular formula is C28H38F2N6O4. The highest BCUT2D eigenvalue weighted by Gasteiger charge is 2.62. The van der Waals surface area contributed by atoms with Gasteiger partial charge in [-0.15, -0.1) is 5.10 Å². The standard InChI is InChI=1S/C28H38F2N6O4/c1-4-21-23(36-10-6-7-17(15-36)11-25(37)39-5-2)9-8-22(32-21)26-24(35(3)34-33-26)16-40-27(38)31-14-20-18-12-28(29,30)13-19(18)20/h8-9,17-20H,4-7,10-16H2,1-3H3,(H,31,38)/t17-,18-,19-/m1/s1. The molecule has 2 saturated carbocycles. The number of alkyl halides is 2. The third-order valence-electron chi connectivity index (χ3n) is 8.49. The Bertz CT molecular complexity index is 1220. The maximum absolute atomic E-state index is 13.4. The Morgan fingerprint density at radius 2 is 1.95 bits per heavy atom. The summed E-state index contributed by atoms with van der Waals surface area (Å²) in [6.45, 7) is 6.24. The minimum absolute atomic E-state index is 0.00151. The Morgan fingerprint density at radius 1 is 1.18 bits per heavy atom. The van der Waals surface area contributed by atoms with Crippen molar-refractivity contribution < 1.29 is 27.8 Å². The summed E-state index contributed by atoms with van der Waals surface area (Å²) in [7, 11) is 1.73. The molecule has 12 heteroatoms. The average Bonchev–Trinajstić information content (AvgIpc) is 3.21. The van der Waals surface area contributed by atoms with Crippen molar-refractivity contribution in [2.45, 2.75) is 64.9 Å². The number of aryl methyl sites for hydroxylation is 2. The van der Waals surface area contributed by atoms with E-state index in [4.69, 9.17) is 14.5 Å². The van der Waals surface area contributed by atoms with E-state index in [1.54, 1.807) is 11.7 Å². The SMILES string of the molecule is CCOC(=O)C[C@H]1CCCN(c2ccc(-c3nnn(C)c3COC(=O)NCC3[C@@H]4CC(F)(F)C[C@@H]34)nc2CC)C1. The molecule has 2 aliphatic carbocycles. The molecular weight excluding hydrogens is 522 g/mol. The van der Waals surface area contributed by atoms with Gasteiger partial charge in [0.05, 0.1) is 30.1 Å². The maximum atomic E-state index is 13.4. The Balaban J connectivity index is 1.20. The number of halogens is 2. The molecule has 0 unspecified atom stereocenters. The van der Waals surface area contributed by atoms with E-state index < -0.39 is 12.0 Å². The van der Waals surface area contributed by atoms with Gasteiger partial charge in [0.25, 0.3) is 0 Å². The van der Waals surface area contributed by atoms with Gasteiger partial charge >= 0.3 is 12.1 Å². The van der Waals surface area contributed by atoms with Gasteiger partial charge in [0.15, 0.2) is 0 Å². The average molecular weight is 561 g/mol. The second-order valence-electron chi connectivity index (χ2n) is 11.2. The highest BCUT2D eigenvalue weighted by molar-refractivity contribution is 5.70. The predicted octanol–water partition coefficient (Wildman–Crippen LogP) is 4.13.